The molecule has 1 aromatic carbocycles. The highest BCUT2D eigenvalue weighted by Gasteiger charge is 2.41. The fourth-order valence-electron chi connectivity index (χ4n) is 3.15. The van der Waals surface area contributed by atoms with Gasteiger partial charge in [-0.3, -0.25) is 4.79 Å². The van der Waals surface area contributed by atoms with E-state index in [1.54, 1.807) is 7.11 Å². The fraction of sp³-hybridized carbons (Fsp3) is 0.588. The second kappa shape index (κ2) is 6.26. The zero-order valence-electron chi connectivity index (χ0n) is 13.3. The second-order valence-corrected chi connectivity index (χ2v) is 5.79. The number of aryl methyl sites for hydroxylation is 1. The third-order valence-corrected chi connectivity index (χ3v) is 4.53. The van der Waals surface area contributed by atoms with E-state index in [1.165, 1.54) is 0 Å². The first-order chi connectivity index (χ1) is 10.7. The van der Waals surface area contributed by atoms with E-state index in [9.17, 15) is 4.79 Å². The van der Waals surface area contributed by atoms with Crippen molar-refractivity contribution in [2.75, 3.05) is 33.4 Å². The Morgan fingerprint density at radius 3 is 2.55 bits per heavy atom. The average molecular weight is 305 g/mol. The van der Waals surface area contributed by atoms with E-state index in [0.29, 0.717) is 37.6 Å². The molecule has 2 saturated heterocycles. The monoisotopic (exact) mass is 305 g/mol. The average Bonchev–Trinajstić information content (AvgIpc) is 3.02. The van der Waals surface area contributed by atoms with Crippen LogP contribution >= 0.6 is 0 Å². The lowest BCUT2D eigenvalue weighted by atomic mass is 10.0. The summed E-state index contributed by atoms with van der Waals surface area (Å²) >= 11 is 0. The summed E-state index contributed by atoms with van der Waals surface area (Å²) in [6.07, 6.45) is 2.36. The third kappa shape index (κ3) is 2.83. The van der Waals surface area contributed by atoms with Crippen molar-refractivity contribution in [2.45, 2.75) is 32.0 Å². The summed E-state index contributed by atoms with van der Waals surface area (Å²) in [5.41, 5.74) is 1.78. The highest BCUT2D eigenvalue weighted by Crippen LogP contribution is 2.32. The molecule has 5 heteroatoms. The Hall–Kier alpha value is -1.59. The molecule has 0 bridgehead atoms. The molecule has 0 unspecified atom stereocenters. The van der Waals surface area contributed by atoms with Crippen molar-refractivity contribution in [3.8, 4) is 5.75 Å². The molecule has 0 N–H and O–H groups in total. The summed E-state index contributed by atoms with van der Waals surface area (Å²) in [4.78, 5) is 14.7. The lowest BCUT2D eigenvalue weighted by molar-refractivity contribution is -0.181. The van der Waals surface area contributed by atoms with Crippen LogP contribution in [0, 0.1) is 0 Å². The largest absolute Gasteiger partial charge is 0.496 e. The van der Waals surface area contributed by atoms with E-state index >= 15 is 0 Å². The molecule has 1 aromatic rings. The number of carbonyl (C=O) groups is 1. The molecule has 0 aromatic heterocycles. The standard InChI is InChI=1S/C17H23NO4/c1-3-13-4-5-15(20-2)14(12-13)16(19)18-8-6-17(7-9-18)21-10-11-22-17/h4-5,12H,3,6-11H2,1-2H3. The number of nitrogens with zero attached hydrogens (tertiary/aromatic N) is 1. The van der Waals surface area contributed by atoms with E-state index < -0.39 is 5.79 Å². The van der Waals surface area contributed by atoms with Crippen LogP contribution < -0.4 is 4.74 Å². The van der Waals surface area contributed by atoms with Crippen molar-refractivity contribution < 1.29 is 19.0 Å². The van der Waals surface area contributed by atoms with Crippen molar-refractivity contribution in [1.82, 2.24) is 4.90 Å². The number of likely N-dealkylation sites (tertiary alicyclic amines) is 1. The van der Waals surface area contributed by atoms with Gasteiger partial charge in [-0.15, -0.1) is 0 Å². The van der Waals surface area contributed by atoms with Crippen LogP contribution in [0.5, 0.6) is 5.75 Å². The topological polar surface area (TPSA) is 48.0 Å². The van der Waals surface area contributed by atoms with Gasteiger partial charge in [-0.05, 0) is 24.1 Å². The number of hydrogen-bond donors (Lipinski definition) is 0. The molecular formula is C17H23NO4. The Labute approximate surface area is 131 Å². The molecule has 1 amide bonds. The van der Waals surface area contributed by atoms with Gasteiger partial charge in [-0.25, -0.2) is 0 Å². The highest BCUT2D eigenvalue weighted by atomic mass is 16.7. The Bertz CT molecular complexity index is 542. The van der Waals surface area contributed by atoms with Gasteiger partial charge in [0.25, 0.3) is 5.91 Å². The molecule has 120 valence electrons. The summed E-state index contributed by atoms with van der Waals surface area (Å²) in [5.74, 6) is 0.211. The molecule has 3 rings (SSSR count). The van der Waals surface area contributed by atoms with Gasteiger partial charge in [0.15, 0.2) is 5.79 Å². The van der Waals surface area contributed by atoms with Crippen LogP contribution in [0.2, 0.25) is 0 Å². The summed E-state index contributed by atoms with van der Waals surface area (Å²) in [6.45, 7) is 4.69. The van der Waals surface area contributed by atoms with Gasteiger partial charge in [0.1, 0.15) is 5.75 Å². The van der Waals surface area contributed by atoms with Gasteiger partial charge >= 0.3 is 0 Å². The van der Waals surface area contributed by atoms with Gasteiger partial charge in [0, 0.05) is 25.9 Å². The number of carbonyl (C=O) groups excluding carboxylic acids is 1. The Morgan fingerprint density at radius 2 is 1.95 bits per heavy atom. The van der Waals surface area contributed by atoms with Crippen molar-refractivity contribution in [3.63, 3.8) is 0 Å². The first-order valence-corrected chi connectivity index (χ1v) is 7.91. The quantitative estimate of drug-likeness (QED) is 0.859. The predicted molar refractivity (Wildman–Crippen MR) is 82.1 cm³/mol. The molecule has 0 saturated carbocycles. The molecule has 0 aliphatic carbocycles. The smallest absolute Gasteiger partial charge is 0.257 e. The normalized spacial score (nSPS) is 20.4. The van der Waals surface area contributed by atoms with Crippen molar-refractivity contribution >= 4 is 5.91 Å². The molecule has 22 heavy (non-hydrogen) atoms. The SMILES string of the molecule is CCc1ccc(OC)c(C(=O)N2CCC3(CC2)OCCO3)c1. The molecule has 1 spiro atoms. The summed E-state index contributed by atoms with van der Waals surface area (Å²) in [7, 11) is 1.60. The fourth-order valence-corrected chi connectivity index (χ4v) is 3.15. The minimum absolute atomic E-state index is 0.0278. The van der Waals surface area contributed by atoms with Crippen LogP contribution in [0.25, 0.3) is 0 Å². The zero-order chi connectivity index (χ0) is 15.6. The Morgan fingerprint density at radius 1 is 1.27 bits per heavy atom. The van der Waals surface area contributed by atoms with E-state index in [4.69, 9.17) is 14.2 Å². The van der Waals surface area contributed by atoms with Crippen LogP contribution in [0.1, 0.15) is 35.7 Å². The van der Waals surface area contributed by atoms with Gasteiger partial charge in [-0.1, -0.05) is 13.0 Å². The number of benzene rings is 1. The summed E-state index contributed by atoms with van der Waals surface area (Å²) in [5, 5.41) is 0. The van der Waals surface area contributed by atoms with Gasteiger partial charge in [-0.2, -0.15) is 0 Å². The van der Waals surface area contributed by atoms with Gasteiger partial charge in [0.05, 0.1) is 25.9 Å². The molecule has 2 aliphatic heterocycles. The maximum absolute atomic E-state index is 12.8. The second-order valence-electron chi connectivity index (χ2n) is 5.79. The van der Waals surface area contributed by atoms with Crippen LogP contribution in [-0.2, 0) is 15.9 Å². The molecule has 2 heterocycles. The molecular weight excluding hydrogens is 282 g/mol. The lowest BCUT2D eigenvalue weighted by Crippen LogP contribution is -2.47. The minimum Gasteiger partial charge on any atom is -0.496 e. The molecule has 2 aliphatic rings. The van der Waals surface area contributed by atoms with Crippen LogP contribution in [0.15, 0.2) is 18.2 Å². The van der Waals surface area contributed by atoms with E-state index in [0.717, 1.165) is 24.8 Å². The summed E-state index contributed by atoms with van der Waals surface area (Å²) in [6, 6.07) is 5.82. The number of hydrogen-bond acceptors (Lipinski definition) is 4. The molecule has 0 atom stereocenters. The number of ether oxygens (including phenoxy) is 3. The van der Waals surface area contributed by atoms with Gasteiger partial charge < -0.3 is 19.1 Å². The number of methoxy groups -OCH3 is 1. The van der Waals surface area contributed by atoms with Crippen LogP contribution in [-0.4, -0.2) is 50.0 Å². The summed E-state index contributed by atoms with van der Waals surface area (Å²) < 4.78 is 16.8. The number of rotatable bonds is 3. The lowest BCUT2D eigenvalue weighted by Gasteiger charge is -2.37. The molecule has 5 nitrogen and oxygen atoms in total. The minimum atomic E-state index is -0.452. The Balaban J connectivity index is 1.74. The zero-order valence-corrected chi connectivity index (χ0v) is 13.3. The first-order valence-electron chi connectivity index (χ1n) is 7.91. The van der Waals surface area contributed by atoms with Crippen LogP contribution in [0.3, 0.4) is 0 Å². The van der Waals surface area contributed by atoms with E-state index in [1.807, 2.05) is 23.1 Å². The maximum atomic E-state index is 12.8. The van der Waals surface area contributed by atoms with E-state index in [2.05, 4.69) is 6.92 Å². The maximum Gasteiger partial charge on any atom is 0.257 e. The number of piperidine rings is 1. The van der Waals surface area contributed by atoms with Crippen molar-refractivity contribution in [1.29, 1.82) is 0 Å². The predicted octanol–water partition coefficient (Wildman–Crippen LogP) is 2.24. The van der Waals surface area contributed by atoms with E-state index in [-0.39, 0.29) is 5.91 Å². The molecule has 0 radical (unpaired) electrons. The highest BCUT2D eigenvalue weighted by molar-refractivity contribution is 5.97. The van der Waals surface area contributed by atoms with Crippen molar-refractivity contribution in [2.24, 2.45) is 0 Å². The first kappa shape index (κ1) is 15.3. The van der Waals surface area contributed by atoms with Crippen LogP contribution in [0.4, 0.5) is 0 Å². The Kier molecular flexibility index (Phi) is 4.36. The van der Waals surface area contributed by atoms with Crippen molar-refractivity contribution in [3.05, 3.63) is 29.3 Å². The third-order valence-electron chi connectivity index (χ3n) is 4.53. The number of amides is 1. The van der Waals surface area contributed by atoms with Gasteiger partial charge in [0.2, 0.25) is 0 Å². The molecule has 2 fully saturated rings.